The van der Waals surface area contributed by atoms with Gasteiger partial charge in [0.1, 0.15) is 0 Å². The Morgan fingerprint density at radius 2 is 2.41 bits per heavy atom. The maximum atomic E-state index is 11.5. The van der Waals surface area contributed by atoms with Crippen LogP contribution in [0.5, 0.6) is 0 Å². The lowest BCUT2D eigenvalue weighted by atomic mass is 10.2. The molecule has 88 valence electrons. The number of fused-ring (bicyclic) bond motifs is 1. The lowest BCUT2D eigenvalue weighted by Crippen LogP contribution is -2.06. The van der Waals surface area contributed by atoms with Crippen LogP contribution in [0.3, 0.4) is 0 Å². The molecule has 0 atom stereocenters. The number of carbonyl (C=O) groups is 1. The van der Waals surface area contributed by atoms with E-state index in [2.05, 4.69) is 10.1 Å². The first kappa shape index (κ1) is 10.3. The number of aromatic nitrogens is 3. The molecule has 2 aromatic rings. The van der Waals surface area contributed by atoms with E-state index in [1.807, 2.05) is 18.3 Å². The molecule has 5 heteroatoms. The number of esters is 1. The monoisotopic (exact) mass is 231 g/mol. The molecule has 1 fully saturated rings. The van der Waals surface area contributed by atoms with Crippen molar-refractivity contribution >= 4 is 11.6 Å². The Morgan fingerprint density at radius 3 is 3.12 bits per heavy atom. The molecule has 1 aliphatic carbocycles. The summed E-state index contributed by atoms with van der Waals surface area (Å²) < 4.78 is 6.48. The highest BCUT2D eigenvalue weighted by Gasteiger charge is 2.24. The average Bonchev–Trinajstić information content (AvgIpc) is 3.08. The van der Waals surface area contributed by atoms with E-state index in [0.29, 0.717) is 18.2 Å². The fourth-order valence-electron chi connectivity index (χ4n) is 1.85. The molecule has 1 aliphatic rings. The Kier molecular flexibility index (Phi) is 2.31. The van der Waals surface area contributed by atoms with Crippen LogP contribution in [-0.4, -0.2) is 27.2 Å². The van der Waals surface area contributed by atoms with Crippen LogP contribution < -0.4 is 0 Å². The quantitative estimate of drug-likeness (QED) is 0.755. The van der Waals surface area contributed by atoms with E-state index in [-0.39, 0.29) is 5.82 Å². The lowest BCUT2D eigenvalue weighted by Gasteiger charge is -1.96. The Balaban J connectivity index is 1.97. The molecule has 2 heterocycles. The van der Waals surface area contributed by atoms with Gasteiger partial charge in [0, 0.05) is 6.20 Å². The van der Waals surface area contributed by atoms with Gasteiger partial charge >= 0.3 is 5.97 Å². The van der Waals surface area contributed by atoms with Crippen LogP contribution in [0.25, 0.3) is 5.65 Å². The van der Waals surface area contributed by atoms with Crippen LogP contribution in [0.15, 0.2) is 18.3 Å². The number of nitrogens with zero attached hydrogens (tertiary/aromatic N) is 3. The molecular weight excluding hydrogens is 218 g/mol. The molecule has 1 saturated carbocycles. The highest BCUT2D eigenvalue weighted by atomic mass is 16.5. The van der Waals surface area contributed by atoms with Gasteiger partial charge in [0.05, 0.1) is 6.61 Å². The summed E-state index contributed by atoms with van der Waals surface area (Å²) in [4.78, 5) is 15.7. The molecule has 0 spiro atoms. The number of rotatable bonds is 3. The van der Waals surface area contributed by atoms with Crippen molar-refractivity contribution in [1.29, 1.82) is 0 Å². The van der Waals surface area contributed by atoms with Gasteiger partial charge in [-0.05, 0) is 43.4 Å². The van der Waals surface area contributed by atoms with Crippen molar-refractivity contribution in [2.75, 3.05) is 6.61 Å². The van der Waals surface area contributed by atoms with Gasteiger partial charge in [-0.1, -0.05) is 0 Å². The molecule has 0 N–H and O–H groups in total. The minimum absolute atomic E-state index is 0.125. The molecule has 0 amide bonds. The predicted molar refractivity (Wildman–Crippen MR) is 60.9 cm³/mol. The standard InChI is InChI=1S/C12H13N3O2/c1-2-17-12(16)11-13-10-7-9(8-3-4-8)5-6-15(10)14-11/h5-8H,2-4H2,1H3. The Labute approximate surface area is 98.4 Å². The van der Waals surface area contributed by atoms with Gasteiger partial charge in [0.15, 0.2) is 5.65 Å². The SMILES string of the molecule is CCOC(=O)c1nc2cc(C3CC3)ccn2n1. The smallest absolute Gasteiger partial charge is 0.378 e. The molecule has 5 nitrogen and oxygen atoms in total. The number of ether oxygens (including phenoxy) is 1. The van der Waals surface area contributed by atoms with E-state index >= 15 is 0 Å². The van der Waals surface area contributed by atoms with Crippen LogP contribution in [0.4, 0.5) is 0 Å². The molecule has 0 bridgehead atoms. The second kappa shape index (κ2) is 3.84. The molecule has 3 rings (SSSR count). The highest BCUT2D eigenvalue weighted by Crippen LogP contribution is 2.40. The van der Waals surface area contributed by atoms with Gasteiger partial charge in [0.25, 0.3) is 5.82 Å². The summed E-state index contributed by atoms with van der Waals surface area (Å²) >= 11 is 0. The number of carbonyl (C=O) groups excluding carboxylic acids is 1. The Morgan fingerprint density at radius 1 is 1.59 bits per heavy atom. The van der Waals surface area contributed by atoms with Crippen molar-refractivity contribution in [3.05, 3.63) is 29.7 Å². The first-order chi connectivity index (χ1) is 8.28. The fourth-order valence-corrected chi connectivity index (χ4v) is 1.85. The first-order valence-corrected chi connectivity index (χ1v) is 5.81. The van der Waals surface area contributed by atoms with Crippen molar-refractivity contribution in [2.24, 2.45) is 0 Å². The number of hydrogen-bond acceptors (Lipinski definition) is 4. The zero-order chi connectivity index (χ0) is 11.8. The molecule has 0 unspecified atom stereocenters. The number of pyridine rings is 1. The van der Waals surface area contributed by atoms with E-state index in [0.717, 1.165) is 0 Å². The molecule has 0 saturated heterocycles. The van der Waals surface area contributed by atoms with Crippen molar-refractivity contribution in [2.45, 2.75) is 25.7 Å². The summed E-state index contributed by atoms with van der Waals surface area (Å²) in [5.41, 5.74) is 1.98. The van der Waals surface area contributed by atoms with E-state index < -0.39 is 5.97 Å². The zero-order valence-electron chi connectivity index (χ0n) is 9.59. The van der Waals surface area contributed by atoms with Crippen LogP contribution >= 0.6 is 0 Å². The minimum Gasteiger partial charge on any atom is -0.460 e. The second-order valence-corrected chi connectivity index (χ2v) is 4.19. The zero-order valence-corrected chi connectivity index (χ0v) is 9.59. The third kappa shape index (κ3) is 1.88. The molecule has 0 radical (unpaired) electrons. The Bertz CT molecular complexity index is 572. The maximum Gasteiger partial charge on any atom is 0.378 e. The summed E-state index contributed by atoms with van der Waals surface area (Å²) in [6.07, 6.45) is 4.34. The van der Waals surface area contributed by atoms with Gasteiger partial charge in [0.2, 0.25) is 0 Å². The van der Waals surface area contributed by atoms with Crippen LogP contribution in [0.1, 0.15) is 41.9 Å². The highest BCUT2D eigenvalue weighted by molar-refractivity contribution is 5.85. The molecule has 2 aromatic heterocycles. The van der Waals surface area contributed by atoms with Crippen molar-refractivity contribution < 1.29 is 9.53 Å². The van der Waals surface area contributed by atoms with E-state index in [1.54, 1.807) is 11.4 Å². The summed E-state index contributed by atoms with van der Waals surface area (Å²) in [6.45, 7) is 2.10. The molecule has 0 aromatic carbocycles. The van der Waals surface area contributed by atoms with Gasteiger partial charge < -0.3 is 4.74 Å². The van der Waals surface area contributed by atoms with E-state index in [4.69, 9.17) is 4.74 Å². The van der Waals surface area contributed by atoms with Gasteiger partial charge in [-0.15, -0.1) is 5.10 Å². The van der Waals surface area contributed by atoms with Crippen LogP contribution in [0, 0.1) is 0 Å². The minimum atomic E-state index is -0.468. The van der Waals surface area contributed by atoms with Crippen molar-refractivity contribution in [3.63, 3.8) is 0 Å². The van der Waals surface area contributed by atoms with Crippen molar-refractivity contribution in [3.8, 4) is 0 Å². The maximum absolute atomic E-state index is 11.5. The molecular formula is C12H13N3O2. The summed E-state index contributed by atoms with van der Waals surface area (Å²) in [5, 5.41) is 4.08. The predicted octanol–water partition coefficient (Wildman–Crippen LogP) is 1.78. The summed E-state index contributed by atoms with van der Waals surface area (Å²) in [7, 11) is 0. The normalized spacial score (nSPS) is 15.1. The first-order valence-electron chi connectivity index (χ1n) is 5.81. The third-order valence-corrected chi connectivity index (χ3v) is 2.87. The van der Waals surface area contributed by atoms with Gasteiger partial charge in [-0.25, -0.2) is 14.3 Å². The van der Waals surface area contributed by atoms with Gasteiger partial charge in [-0.3, -0.25) is 0 Å². The Hall–Kier alpha value is -1.91. The van der Waals surface area contributed by atoms with Gasteiger partial charge in [-0.2, -0.15) is 0 Å². The average molecular weight is 231 g/mol. The topological polar surface area (TPSA) is 56.5 Å². The van der Waals surface area contributed by atoms with Crippen molar-refractivity contribution in [1.82, 2.24) is 14.6 Å². The second-order valence-electron chi connectivity index (χ2n) is 4.19. The number of hydrogen-bond donors (Lipinski definition) is 0. The third-order valence-electron chi connectivity index (χ3n) is 2.87. The van der Waals surface area contributed by atoms with E-state index in [1.165, 1.54) is 18.4 Å². The largest absolute Gasteiger partial charge is 0.460 e. The fraction of sp³-hybridized carbons (Fsp3) is 0.417. The van der Waals surface area contributed by atoms with Crippen LogP contribution in [0.2, 0.25) is 0 Å². The van der Waals surface area contributed by atoms with Crippen LogP contribution in [-0.2, 0) is 4.74 Å². The summed E-state index contributed by atoms with van der Waals surface area (Å²) in [6, 6.07) is 4.03. The summed E-state index contributed by atoms with van der Waals surface area (Å²) in [5.74, 6) is 0.326. The lowest BCUT2D eigenvalue weighted by molar-refractivity contribution is 0.0512. The molecule has 17 heavy (non-hydrogen) atoms. The molecule has 0 aliphatic heterocycles. The van der Waals surface area contributed by atoms with E-state index in [9.17, 15) is 4.79 Å².